The maximum atomic E-state index is 13.2. The van der Waals surface area contributed by atoms with Gasteiger partial charge in [0.15, 0.2) is 16.7 Å². The molecule has 0 saturated heterocycles. The number of hydrogen-bond donors (Lipinski definition) is 0. The van der Waals surface area contributed by atoms with Crippen molar-refractivity contribution in [2.24, 2.45) is 0 Å². The molecule has 0 radical (unpaired) electrons. The Balaban J connectivity index is 1.69. The Morgan fingerprint density at radius 2 is 1.84 bits per heavy atom. The molecule has 158 valence electrons. The third-order valence-electron chi connectivity index (χ3n) is 4.51. The zero-order chi connectivity index (χ0) is 22.0. The first kappa shape index (κ1) is 20.9. The van der Waals surface area contributed by atoms with Crippen molar-refractivity contribution >= 4 is 17.5 Å². The Morgan fingerprint density at radius 1 is 1.06 bits per heavy atom. The Bertz CT molecular complexity index is 1200. The van der Waals surface area contributed by atoms with E-state index in [1.807, 2.05) is 19.1 Å². The van der Waals surface area contributed by atoms with Gasteiger partial charge in [0.25, 0.3) is 0 Å². The van der Waals surface area contributed by atoms with Gasteiger partial charge in [0.2, 0.25) is 5.82 Å². The number of aryl methyl sites for hydroxylation is 1. The van der Waals surface area contributed by atoms with E-state index in [2.05, 4.69) is 10.2 Å². The molecule has 4 aromatic rings. The van der Waals surface area contributed by atoms with Crippen LogP contribution in [-0.4, -0.2) is 26.3 Å². The van der Waals surface area contributed by atoms with Crippen molar-refractivity contribution in [3.05, 3.63) is 83.6 Å². The Labute approximate surface area is 179 Å². The number of carbonyl (C=O) groups is 1. The summed E-state index contributed by atoms with van der Waals surface area (Å²) in [7, 11) is 0. The Kier molecular flexibility index (Phi) is 5.69. The lowest BCUT2D eigenvalue weighted by atomic mass is 10.1. The lowest BCUT2D eigenvalue weighted by molar-refractivity contribution is -0.137. The summed E-state index contributed by atoms with van der Waals surface area (Å²) in [5.41, 5.74) is 1.01. The standard InChI is InChI=1S/C22H16F3N3O2S/c1-14-7-9-15(10-8-14)18(29)13-31-21-27-26-20(19-6-3-11-30-19)28(21)17-5-2-4-16(12-17)22(23,24)25/h2-12H,13H2,1H3. The normalized spacial score (nSPS) is 11.6. The van der Waals surface area contributed by atoms with Crippen molar-refractivity contribution in [3.8, 4) is 17.3 Å². The van der Waals surface area contributed by atoms with Gasteiger partial charge >= 0.3 is 6.18 Å². The minimum Gasteiger partial charge on any atom is -0.461 e. The number of ketones is 1. The quantitative estimate of drug-likeness (QED) is 0.277. The Morgan fingerprint density at radius 3 is 2.52 bits per heavy atom. The first-order chi connectivity index (χ1) is 14.8. The molecule has 0 amide bonds. The van der Waals surface area contributed by atoms with E-state index in [4.69, 9.17) is 4.42 Å². The number of nitrogens with zero attached hydrogens (tertiary/aromatic N) is 3. The van der Waals surface area contributed by atoms with Crippen LogP contribution < -0.4 is 0 Å². The van der Waals surface area contributed by atoms with Gasteiger partial charge in [-0.1, -0.05) is 47.7 Å². The molecule has 0 aliphatic carbocycles. The minimum absolute atomic E-state index is 0.0539. The molecule has 0 fully saturated rings. The second-order valence-electron chi connectivity index (χ2n) is 6.74. The first-order valence-electron chi connectivity index (χ1n) is 9.22. The third-order valence-corrected chi connectivity index (χ3v) is 5.44. The molecule has 31 heavy (non-hydrogen) atoms. The molecule has 2 aromatic heterocycles. The molecule has 2 heterocycles. The highest BCUT2D eigenvalue weighted by Crippen LogP contribution is 2.33. The molecule has 5 nitrogen and oxygen atoms in total. The van der Waals surface area contributed by atoms with Crippen LogP contribution in [-0.2, 0) is 6.18 Å². The van der Waals surface area contributed by atoms with Crippen molar-refractivity contribution in [3.63, 3.8) is 0 Å². The van der Waals surface area contributed by atoms with Crippen LogP contribution in [0.3, 0.4) is 0 Å². The molecule has 0 atom stereocenters. The predicted octanol–water partition coefficient (Wildman–Crippen LogP) is 5.83. The van der Waals surface area contributed by atoms with Gasteiger partial charge in [-0.15, -0.1) is 10.2 Å². The topological polar surface area (TPSA) is 60.9 Å². The maximum absolute atomic E-state index is 13.2. The lowest BCUT2D eigenvalue weighted by Gasteiger charge is -2.12. The summed E-state index contributed by atoms with van der Waals surface area (Å²) in [5.74, 6) is 0.526. The molecule has 0 aliphatic heterocycles. The van der Waals surface area contributed by atoms with Crippen LogP contribution in [0.4, 0.5) is 13.2 Å². The highest BCUT2D eigenvalue weighted by Gasteiger charge is 2.31. The summed E-state index contributed by atoms with van der Waals surface area (Å²) in [5, 5.41) is 8.48. The maximum Gasteiger partial charge on any atom is 0.416 e. The lowest BCUT2D eigenvalue weighted by Crippen LogP contribution is -2.08. The van der Waals surface area contributed by atoms with Crippen molar-refractivity contribution < 1.29 is 22.4 Å². The third kappa shape index (κ3) is 4.56. The van der Waals surface area contributed by atoms with Gasteiger partial charge in [0, 0.05) is 5.56 Å². The van der Waals surface area contributed by atoms with Gasteiger partial charge in [0.05, 0.1) is 23.3 Å². The van der Waals surface area contributed by atoms with Crippen LogP contribution in [0.15, 0.2) is 76.5 Å². The molecule has 2 aromatic carbocycles. The highest BCUT2D eigenvalue weighted by molar-refractivity contribution is 7.99. The number of thioether (sulfide) groups is 1. The molecule has 0 spiro atoms. The molecule has 4 rings (SSSR count). The molecular weight excluding hydrogens is 427 g/mol. The van der Waals surface area contributed by atoms with E-state index in [0.717, 1.165) is 29.5 Å². The summed E-state index contributed by atoms with van der Waals surface area (Å²) in [6.45, 7) is 1.93. The second kappa shape index (κ2) is 8.43. The molecule has 0 saturated carbocycles. The van der Waals surface area contributed by atoms with E-state index in [1.165, 1.54) is 23.0 Å². The van der Waals surface area contributed by atoms with Crippen LogP contribution in [0.2, 0.25) is 0 Å². The molecule has 0 N–H and O–H groups in total. The first-order valence-corrected chi connectivity index (χ1v) is 10.2. The van der Waals surface area contributed by atoms with Gasteiger partial charge in [-0.05, 0) is 37.3 Å². The SMILES string of the molecule is Cc1ccc(C(=O)CSc2nnc(-c3ccco3)n2-c2cccc(C(F)(F)F)c2)cc1. The van der Waals surface area contributed by atoms with E-state index < -0.39 is 11.7 Å². The number of Topliss-reactive ketones (excluding diaryl/α,β-unsaturated/α-hetero) is 1. The van der Waals surface area contributed by atoms with Crippen LogP contribution in [0.1, 0.15) is 21.5 Å². The summed E-state index contributed by atoms with van der Waals surface area (Å²) >= 11 is 1.10. The average Bonchev–Trinajstić information content (AvgIpc) is 3.41. The van der Waals surface area contributed by atoms with Gasteiger partial charge in [-0.2, -0.15) is 13.2 Å². The van der Waals surface area contributed by atoms with Crippen molar-refractivity contribution in [2.75, 3.05) is 5.75 Å². The van der Waals surface area contributed by atoms with Crippen LogP contribution >= 0.6 is 11.8 Å². The average molecular weight is 443 g/mol. The predicted molar refractivity (Wildman–Crippen MR) is 110 cm³/mol. The summed E-state index contributed by atoms with van der Waals surface area (Å²) in [4.78, 5) is 12.6. The Hall–Kier alpha value is -3.33. The number of furan rings is 1. The number of rotatable bonds is 6. The monoisotopic (exact) mass is 443 g/mol. The zero-order valence-corrected chi connectivity index (χ0v) is 17.1. The summed E-state index contributed by atoms with van der Waals surface area (Å²) in [6.07, 6.45) is -3.06. The van der Waals surface area contributed by atoms with Gasteiger partial charge in [0.1, 0.15) is 0 Å². The fraction of sp³-hybridized carbons (Fsp3) is 0.136. The van der Waals surface area contributed by atoms with E-state index in [-0.39, 0.29) is 28.2 Å². The van der Waals surface area contributed by atoms with Gasteiger partial charge < -0.3 is 4.42 Å². The molecule has 9 heteroatoms. The van der Waals surface area contributed by atoms with E-state index in [0.29, 0.717) is 11.3 Å². The minimum atomic E-state index is -4.50. The molecule has 0 unspecified atom stereocenters. The number of aromatic nitrogens is 3. The number of alkyl halides is 3. The summed E-state index contributed by atoms with van der Waals surface area (Å²) in [6, 6.07) is 15.3. The fourth-order valence-corrected chi connectivity index (χ4v) is 3.78. The molecule has 0 aliphatic rings. The van der Waals surface area contributed by atoms with Crippen LogP contribution in [0.5, 0.6) is 0 Å². The number of benzene rings is 2. The largest absolute Gasteiger partial charge is 0.461 e. The molecular formula is C22H16F3N3O2S. The van der Waals surface area contributed by atoms with Crippen molar-refractivity contribution in [1.82, 2.24) is 14.8 Å². The zero-order valence-electron chi connectivity index (χ0n) is 16.3. The van der Waals surface area contributed by atoms with Crippen LogP contribution in [0.25, 0.3) is 17.3 Å². The number of hydrogen-bond acceptors (Lipinski definition) is 5. The van der Waals surface area contributed by atoms with E-state index in [9.17, 15) is 18.0 Å². The van der Waals surface area contributed by atoms with Crippen LogP contribution in [0, 0.1) is 6.92 Å². The summed E-state index contributed by atoms with van der Waals surface area (Å²) < 4.78 is 46.6. The highest BCUT2D eigenvalue weighted by atomic mass is 32.2. The number of halogens is 3. The van der Waals surface area contributed by atoms with Crippen molar-refractivity contribution in [2.45, 2.75) is 18.3 Å². The van der Waals surface area contributed by atoms with Crippen molar-refractivity contribution in [1.29, 1.82) is 0 Å². The molecule has 0 bridgehead atoms. The van der Waals surface area contributed by atoms with E-state index in [1.54, 1.807) is 24.3 Å². The van der Waals surface area contributed by atoms with Gasteiger partial charge in [-0.25, -0.2) is 0 Å². The van der Waals surface area contributed by atoms with E-state index >= 15 is 0 Å². The fourth-order valence-electron chi connectivity index (χ4n) is 2.94. The second-order valence-corrected chi connectivity index (χ2v) is 7.69. The number of carbonyl (C=O) groups excluding carboxylic acids is 1. The van der Waals surface area contributed by atoms with Gasteiger partial charge in [-0.3, -0.25) is 9.36 Å². The smallest absolute Gasteiger partial charge is 0.416 e.